The molecule has 0 aliphatic heterocycles. The van der Waals surface area contributed by atoms with Gasteiger partial charge in [-0.05, 0) is 0 Å². The Morgan fingerprint density at radius 1 is 0.909 bits per heavy atom. The van der Waals surface area contributed by atoms with Gasteiger partial charge in [-0.1, -0.05) is 20.8 Å². The van der Waals surface area contributed by atoms with Crippen LogP contribution >= 0.6 is 0 Å². The van der Waals surface area contributed by atoms with Crippen LogP contribution in [-0.4, -0.2) is 12.1 Å². The fourth-order valence-electron chi connectivity index (χ4n) is 0.200. The predicted octanol–water partition coefficient (Wildman–Crippen LogP) is 3.62. The van der Waals surface area contributed by atoms with Crippen LogP contribution in [0.3, 0.4) is 0 Å². The van der Waals surface area contributed by atoms with Crippen molar-refractivity contribution >= 4 is 0 Å². The molecule has 0 rings (SSSR count). The van der Waals surface area contributed by atoms with Crippen LogP contribution in [0.2, 0.25) is 0 Å². The lowest BCUT2D eigenvalue weighted by molar-refractivity contribution is -0.282. The van der Waals surface area contributed by atoms with Gasteiger partial charge in [0.2, 0.25) is 0 Å². The van der Waals surface area contributed by atoms with Crippen molar-refractivity contribution in [2.75, 3.05) is 0 Å². The minimum absolute atomic E-state index is 0.785. The summed E-state index contributed by atoms with van der Waals surface area (Å²) >= 11 is 0. The zero-order valence-corrected chi connectivity index (χ0v) is 6.60. The Hall–Kier alpha value is -0.350. The van der Waals surface area contributed by atoms with Gasteiger partial charge in [-0.15, -0.1) is 0 Å². The minimum Gasteiger partial charge on any atom is -0.196 e. The second-order valence-electron chi connectivity index (χ2n) is 1.56. The average Bonchev–Trinajstić information content (AvgIpc) is 1.90. The van der Waals surface area contributed by atoms with Crippen LogP contribution in [0.25, 0.3) is 0 Å². The molecule has 11 heavy (non-hydrogen) atoms. The first-order valence-electron chi connectivity index (χ1n) is 3.26. The van der Waals surface area contributed by atoms with Crippen molar-refractivity contribution in [3.05, 3.63) is 0 Å². The van der Waals surface area contributed by atoms with Gasteiger partial charge in [0.25, 0.3) is 0 Å². The minimum atomic E-state index is -5.39. The molecule has 5 heteroatoms. The molecular weight excluding hydrogens is 167 g/mol. The molecule has 0 saturated heterocycles. The third kappa shape index (κ3) is 4.16. The molecule has 0 aliphatic carbocycles. The first kappa shape index (κ1) is 13.3. The van der Waals surface area contributed by atoms with Gasteiger partial charge in [0.1, 0.15) is 0 Å². The highest BCUT2D eigenvalue weighted by Crippen LogP contribution is 2.37. The predicted molar refractivity (Wildman–Crippen MR) is 32.6 cm³/mol. The highest BCUT2D eigenvalue weighted by atomic mass is 19.4. The smallest absolute Gasteiger partial charge is 0.196 e. The Balaban J connectivity index is 0. The summed E-state index contributed by atoms with van der Waals surface area (Å²) in [6.07, 6.45) is -6.59. The molecule has 0 saturated carbocycles. The first-order valence-corrected chi connectivity index (χ1v) is 3.26. The van der Waals surface area contributed by atoms with Gasteiger partial charge in [-0.25, -0.2) is 0 Å². The van der Waals surface area contributed by atoms with E-state index in [4.69, 9.17) is 0 Å². The number of hydrogen-bond donors (Lipinski definition) is 0. The van der Waals surface area contributed by atoms with Gasteiger partial charge in [0, 0.05) is 6.42 Å². The van der Waals surface area contributed by atoms with E-state index in [2.05, 4.69) is 0 Å². The van der Waals surface area contributed by atoms with E-state index in [9.17, 15) is 22.0 Å². The molecule has 0 aromatic rings. The molecule has 0 bridgehead atoms. The zero-order chi connectivity index (χ0) is 9.71. The van der Waals surface area contributed by atoms with Crippen molar-refractivity contribution in [3.63, 3.8) is 0 Å². The van der Waals surface area contributed by atoms with Crippen molar-refractivity contribution in [1.29, 1.82) is 0 Å². The topological polar surface area (TPSA) is 0 Å². The lowest BCUT2D eigenvalue weighted by Crippen LogP contribution is -2.35. The Labute approximate surface area is 62.4 Å². The Kier molecular flexibility index (Phi) is 5.44. The van der Waals surface area contributed by atoms with E-state index in [-0.39, 0.29) is 0 Å². The van der Waals surface area contributed by atoms with E-state index >= 15 is 0 Å². The fourth-order valence-corrected chi connectivity index (χ4v) is 0.200. The van der Waals surface area contributed by atoms with Gasteiger partial charge in [0.05, 0.1) is 0 Å². The maximum atomic E-state index is 11.5. The van der Waals surface area contributed by atoms with Crippen molar-refractivity contribution < 1.29 is 22.0 Å². The highest BCUT2D eigenvalue weighted by Gasteiger charge is 2.55. The molecule has 0 atom stereocenters. The molecule has 0 nitrogen and oxygen atoms in total. The normalized spacial score (nSPS) is 12.0. The Bertz CT molecular complexity index is 93.6. The third-order valence-corrected chi connectivity index (χ3v) is 0.859. The molecule has 70 valence electrons. The molecular formula is C6H11F5. The molecule has 0 amide bonds. The number of rotatable bonds is 1. The fraction of sp³-hybridized carbons (Fsp3) is 1.00. The molecule has 0 aromatic heterocycles. The number of halogens is 5. The zero-order valence-electron chi connectivity index (χ0n) is 6.60. The monoisotopic (exact) mass is 178 g/mol. The molecule has 0 aromatic carbocycles. The first-order chi connectivity index (χ1) is 4.81. The van der Waals surface area contributed by atoms with Crippen LogP contribution in [0.5, 0.6) is 0 Å². The summed E-state index contributed by atoms with van der Waals surface area (Å²) < 4.78 is 56.3. The Morgan fingerprint density at radius 2 is 1.18 bits per heavy atom. The summed E-state index contributed by atoms with van der Waals surface area (Å²) in [5.41, 5.74) is 0. The van der Waals surface area contributed by atoms with E-state index in [1.165, 1.54) is 0 Å². The van der Waals surface area contributed by atoms with Crippen LogP contribution in [0, 0.1) is 0 Å². The lowest BCUT2D eigenvalue weighted by Gasteiger charge is -2.16. The van der Waals surface area contributed by atoms with Crippen molar-refractivity contribution in [3.8, 4) is 0 Å². The average molecular weight is 178 g/mol. The number of hydrogen-bond acceptors (Lipinski definition) is 0. The maximum absolute atomic E-state index is 11.5. The van der Waals surface area contributed by atoms with Crippen molar-refractivity contribution in [2.24, 2.45) is 0 Å². The van der Waals surface area contributed by atoms with Crippen LogP contribution in [0.15, 0.2) is 0 Å². The van der Waals surface area contributed by atoms with Gasteiger partial charge in [0.15, 0.2) is 0 Å². The quantitative estimate of drug-likeness (QED) is 0.538. The van der Waals surface area contributed by atoms with Crippen LogP contribution in [0.1, 0.15) is 27.2 Å². The maximum Gasteiger partial charge on any atom is 0.453 e. The molecule has 0 heterocycles. The largest absolute Gasteiger partial charge is 0.453 e. The number of alkyl halides is 5. The van der Waals surface area contributed by atoms with Gasteiger partial charge < -0.3 is 0 Å². The van der Waals surface area contributed by atoms with Crippen LogP contribution < -0.4 is 0 Å². The summed E-state index contributed by atoms with van der Waals surface area (Å²) in [6, 6.07) is 0. The Morgan fingerprint density at radius 3 is 1.18 bits per heavy atom. The van der Waals surface area contributed by atoms with Crippen molar-refractivity contribution in [1.82, 2.24) is 0 Å². The molecule has 0 radical (unpaired) electrons. The molecule has 0 fully saturated rings. The van der Waals surface area contributed by atoms with E-state index in [0.29, 0.717) is 0 Å². The lowest BCUT2D eigenvalue weighted by atomic mass is 10.2. The standard InChI is InChI=1S/C4H5F5.C2H6/c1-2-3(5,6)4(7,8)9;1-2/h2H2,1H3;1-2H3. The molecule has 0 spiro atoms. The van der Waals surface area contributed by atoms with E-state index in [1.54, 1.807) is 0 Å². The summed E-state index contributed by atoms with van der Waals surface area (Å²) in [5, 5.41) is 0. The SMILES string of the molecule is CC.CCC(F)(F)C(F)(F)F. The third-order valence-electron chi connectivity index (χ3n) is 0.859. The van der Waals surface area contributed by atoms with Crippen LogP contribution in [0.4, 0.5) is 22.0 Å². The van der Waals surface area contributed by atoms with Gasteiger partial charge >= 0.3 is 12.1 Å². The van der Waals surface area contributed by atoms with Crippen molar-refractivity contribution in [2.45, 2.75) is 39.3 Å². The molecule has 0 unspecified atom stereocenters. The summed E-state index contributed by atoms with van der Waals surface area (Å²) in [5.74, 6) is -4.52. The second-order valence-corrected chi connectivity index (χ2v) is 1.56. The van der Waals surface area contributed by atoms with Crippen LogP contribution in [-0.2, 0) is 0 Å². The molecule has 0 aliphatic rings. The summed E-state index contributed by atoms with van der Waals surface area (Å²) in [7, 11) is 0. The summed E-state index contributed by atoms with van der Waals surface area (Å²) in [4.78, 5) is 0. The van der Waals surface area contributed by atoms with Gasteiger partial charge in [-0.2, -0.15) is 22.0 Å². The van der Waals surface area contributed by atoms with Gasteiger partial charge in [-0.3, -0.25) is 0 Å². The van der Waals surface area contributed by atoms with E-state index in [1.807, 2.05) is 13.8 Å². The second kappa shape index (κ2) is 4.51. The highest BCUT2D eigenvalue weighted by molar-refractivity contribution is 4.72. The molecule has 0 N–H and O–H groups in total. The van der Waals surface area contributed by atoms with E-state index in [0.717, 1.165) is 6.92 Å². The summed E-state index contributed by atoms with van der Waals surface area (Å²) in [6.45, 7) is 4.79. The van der Waals surface area contributed by atoms with E-state index < -0.39 is 18.5 Å².